The van der Waals surface area contributed by atoms with Crippen LogP contribution in [0.15, 0.2) is 24.4 Å². The van der Waals surface area contributed by atoms with E-state index in [-0.39, 0.29) is 12.5 Å². The molecule has 6 nitrogen and oxygen atoms in total. The maximum atomic E-state index is 11.6. The van der Waals surface area contributed by atoms with Crippen LogP contribution in [0.2, 0.25) is 0 Å². The number of hydrogen-bond donors (Lipinski definition) is 1. The molecule has 2 aromatic heterocycles. The summed E-state index contributed by atoms with van der Waals surface area (Å²) in [7, 11) is 0. The van der Waals surface area contributed by atoms with Crippen LogP contribution in [0.25, 0.3) is 5.65 Å². The summed E-state index contributed by atoms with van der Waals surface area (Å²) in [4.78, 5) is 29.3. The highest BCUT2D eigenvalue weighted by atomic mass is 16.2. The third-order valence-corrected chi connectivity index (χ3v) is 3.22. The van der Waals surface area contributed by atoms with E-state index < -0.39 is 0 Å². The van der Waals surface area contributed by atoms with Gasteiger partial charge in [-0.25, -0.2) is 4.98 Å². The third-order valence-electron chi connectivity index (χ3n) is 3.22. The number of aromatic nitrogens is 2. The Morgan fingerprint density at radius 2 is 2.26 bits per heavy atom. The molecule has 1 fully saturated rings. The maximum Gasteiger partial charge on any atom is 0.239 e. The first kappa shape index (κ1) is 11.7. The summed E-state index contributed by atoms with van der Waals surface area (Å²) in [6, 6.07) is 5.56. The summed E-state index contributed by atoms with van der Waals surface area (Å²) in [6.45, 7) is 1.62. The van der Waals surface area contributed by atoms with E-state index in [0.29, 0.717) is 30.2 Å². The number of amides is 1. The van der Waals surface area contributed by atoms with Gasteiger partial charge in [-0.15, -0.1) is 0 Å². The van der Waals surface area contributed by atoms with Gasteiger partial charge in [0.2, 0.25) is 5.91 Å². The molecule has 2 aromatic rings. The van der Waals surface area contributed by atoms with Gasteiger partial charge in [0.1, 0.15) is 11.3 Å². The van der Waals surface area contributed by atoms with Crippen molar-refractivity contribution in [2.24, 2.45) is 0 Å². The number of aldehydes is 1. The van der Waals surface area contributed by atoms with Gasteiger partial charge in [0.05, 0.1) is 6.54 Å². The third kappa shape index (κ3) is 2.05. The number of imidazole rings is 1. The Hall–Kier alpha value is -2.37. The lowest BCUT2D eigenvalue weighted by Gasteiger charge is -2.18. The molecule has 0 spiro atoms. The van der Waals surface area contributed by atoms with E-state index in [2.05, 4.69) is 10.3 Å². The van der Waals surface area contributed by atoms with Crippen molar-refractivity contribution in [1.82, 2.24) is 14.7 Å². The standard InChI is InChI=1S/C13H14N4O2/c18-9-10-13(15-11-4-1-2-7-17(10)11)16-6-3-5-14-12(19)8-16/h1-2,4,7,9H,3,5-6,8H2,(H,14,19). The second-order valence-corrected chi connectivity index (χ2v) is 4.49. The first-order valence-corrected chi connectivity index (χ1v) is 6.23. The predicted octanol–water partition coefficient (Wildman–Crippen LogP) is 0.473. The fourth-order valence-electron chi connectivity index (χ4n) is 2.33. The zero-order valence-electron chi connectivity index (χ0n) is 10.4. The molecule has 1 N–H and O–H groups in total. The largest absolute Gasteiger partial charge is 0.354 e. The maximum absolute atomic E-state index is 11.6. The SMILES string of the molecule is O=Cc1c(N2CCCNC(=O)C2)nc2ccccn12. The van der Waals surface area contributed by atoms with Crippen LogP contribution < -0.4 is 10.2 Å². The van der Waals surface area contributed by atoms with Crippen LogP contribution in [0.1, 0.15) is 16.9 Å². The minimum absolute atomic E-state index is 0.0357. The van der Waals surface area contributed by atoms with Gasteiger partial charge in [0.25, 0.3) is 0 Å². The zero-order valence-corrected chi connectivity index (χ0v) is 10.4. The molecule has 1 aliphatic heterocycles. The quantitative estimate of drug-likeness (QED) is 0.795. The van der Waals surface area contributed by atoms with Crippen LogP contribution in [-0.2, 0) is 4.79 Å². The number of carbonyl (C=O) groups is 2. The number of pyridine rings is 1. The lowest BCUT2D eigenvalue weighted by molar-refractivity contribution is -0.119. The number of fused-ring (bicyclic) bond motifs is 1. The Morgan fingerprint density at radius 3 is 3.11 bits per heavy atom. The van der Waals surface area contributed by atoms with Crippen LogP contribution in [0.3, 0.4) is 0 Å². The van der Waals surface area contributed by atoms with Gasteiger partial charge in [-0.2, -0.15) is 0 Å². The Balaban J connectivity index is 2.08. The van der Waals surface area contributed by atoms with Gasteiger partial charge < -0.3 is 10.2 Å². The van der Waals surface area contributed by atoms with Crippen molar-refractivity contribution in [3.05, 3.63) is 30.1 Å². The average Bonchev–Trinajstić information content (AvgIpc) is 2.66. The molecule has 0 aromatic carbocycles. The van der Waals surface area contributed by atoms with E-state index in [4.69, 9.17) is 0 Å². The minimum atomic E-state index is -0.0357. The van der Waals surface area contributed by atoms with Gasteiger partial charge >= 0.3 is 0 Å². The first-order valence-electron chi connectivity index (χ1n) is 6.23. The van der Waals surface area contributed by atoms with Crippen molar-refractivity contribution in [2.45, 2.75) is 6.42 Å². The molecule has 0 atom stereocenters. The van der Waals surface area contributed by atoms with Crippen molar-refractivity contribution in [1.29, 1.82) is 0 Å². The monoisotopic (exact) mass is 258 g/mol. The van der Waals surface area contributed by atoms with Crippen molar-refractivity contribution >= 4 is 23.7 Å². The smallest absolute Gasteiger partial charge is 0.239 e. The molecule has 3 heterocycles. The van der Waals surface area contributed by atoms with Crippen LogP contribution >= 0.6 is 0 Å². The van der Waals surface area contributed by atoms with Crippen molar-refractivity contribution in [3.8, 4) is 0 Å². The number of hydrogen-bond acceptors (Lipinski definition) is 4. The summed E-state index contributed by atoms with van der Waals surface area (Å²) >= 11 is 0. The molecule has 6 heteroatoms. The summed E-state index contributed by atoms with van der Waals surface area (Å²) in [6.07, 6.45) is 3.43. The predicted molar refractivity (Wildman–Crippen MR) is 70.4 cm³/mol. The van der Waals surface area contributed by atoms with E-state index in [1.807, 2.05) is 23.1 Å². The minimum Gasteiger partial charge on any atom is -0.354 e. The Labute approximate surface area is 110 Å². The molecule has 0 bridgehead atoms. The van der Waals surface area contributed by atoms with Crippen LogP contribution in [0.4, 0.5) is 5.82 Å². The Kier molecular flexibility index (Phi) is 2.91. The molecule has 0 radical (unpaired) electrons. The first-order chi connectivity index (χ1) is 9.29. The highest BCUT2D eigenvalue weighted by Gasteiger charge is 2.21. The van der Waals surface area contributed by atoms with Crippen LogP contribution in [0, 0.1) is 0 Å². The Morgan fingerprint density at radius 1 is 1.37 bits per heavy atom. The van der Waals surface area contributed by atoms with Crippen LogP contribution in [0.5, 0.6) is 0 Å². The van der Waals surface area contributed by atoms with E-state index in [9.17, 15) is 9.59 Å². The van der Waals surface area contributed by atoms with Gasteiger partial charge in [-0.1, -0.05) is 6.07 Å². The average molecular weight is 258 g/mol. The van der Waals surface area contributed by atoms with E-state index in [1.54, 1.807) is 10.6 Å². The number of anilines is 1. The van der Waals surface area contributed by atoms with Crippen molar-refractivity contribution in [2.75, 3.05) is 24.5 Å². The summed E-state index contributed by atoms with van der Waals surface area (Å²) < 4.78 is 1.74. The fraction of sp³-hybridized carbons (Fsp3) is 0.308. The van der Waals surface area contributed by atoms with E-state index in [0.717, 1.165) is 12.7 Å². The number of rotatable bonds is 2. The summed E-state index contributed by atoms with van der Waals surface area (Å²) in [5, 5.41) is 2.81. The molecule has 98 valence electrons. The topological polar surface area (TPSA) is 66.7 Å². The normalized spacial score (nSPS) is 16.2. The van der Waals surface area contributed by atoms with Gasteiger partial charge in [0.15, 0.2) is 12.1 Å². The number of nitrogens with one attached hydrogen (secondary N) is 1. The second-order valence-electron chi connectivity index (χ2n) is 4.49. The van der Waals surface area contributed by atoms with Gasteiger partial charge in [-0.05, 0) is 18.6 Å². The molecule has 1 amide bonds. The molecule has 1 saturated heterocycles. The molecule has 0 saturated carbocycles. The lowest BCUT2D eigenvalue weighted by Crippen LogP contribution is -2.33. The highest BCUT2D eigenvalue weighted by molar-refractivity contribution is 5.87. The molecule has 1 aliphatic rings. The number of nitrogens with zero attached hydrogens (tertiary/aromatic N) is 3. The highest BCUT2D eigenvalue weighted by Crippen LogP contribution is 2.20. The van der Waals surface area contributed by atoms with E-state index >= 15 is 0 Å². The van der Waals surface area contributed by atoms with Gasteiger partial charge in [0, 0.05) is 19.3 Å². The van der Waals surface area contributed by atoms with Crippen LogP contribution in [-0.4, -0.2) is 41.2 Å². The van der Waals surface area contributed by atoms with Crippen molar-refractivity contribution < 1.29 is 9.59 Å². The van der Waals surface area contributed by atoms with Crippen molar-refractivity contribution in [3.63, 3.8) is 0 Å². The molecule has 0 aliphatic carbocycles. The molecular formula is C13H14N4O2. The zero-order chi connectivity index (χ0) is 13.2. The summed E-state index contributed by atoms with van der Waals surface area (Å²) in [5.41, 5.74) is 1.20. The fourth-order valence-corrected chi connectivity index (χ4v) is 2.33. The second kappa shape index (κ2) is 4.72. The molecule has 0 unspecified atom stereocenters. The van der Waals surface area contributed by atoms with E-state index in [1.165, 1.54) is 0 Å². The molecule has 19 heavy (non-hydrogen) atoms. The number of carbonyl (C=O) groups excluding carboxylic acids is 2. The Bertz CT molecular complexity index is 635. The van der Waals surface area contributed by atoms with Gasteiger partial charge in [-0.3, -0.25) is 14.0 Å². The molecule has 3 rings (SSSR count). The molecular weight excluding hydrogens is 244 g/mol. The lowest BCUT2D eigenvalue weighted by atomic mass is 10.3. The summed E-state index contributed by atoms with van der Waals surface area (Å²) in [5.74, 6) is 0.546.